The number of rotatable bonds is 30. The van der Waals surface area contributed by atoms with Crippen molar-refractivity contribution in [1.29, 1.82) is 0 Å². The summed E-state index contributed by atoms with van der Waals surface area (Å²) in [4.78, 5) is 74.6. The topological polar surface area (TPSA) is 407 Å². The van der Waals surface area contributed by atoms with Crippen LogP contribution in [0.3, 0.4) is 0 Å². The summed E-state index contributed by atoms with van der Waals surface area (Å²) in [5.41, 5.74) is 6.29. The number of aryl methyl sites for hydroxylation is 6. The molecule has 0 saturated carbocycles. The van der Waals surface area contributed by atoms with E-state index >= 15 is 0 Å². The number of hydrogen-bond donors (Lipinski definition) is 6. The van der Waals surface area contributed by atoms with Crippen molar-refractivity contribution in [3.05, 3.63) is 120 Å². The van der Waals surface area contributed by atoms with Crippen molar-refractivity contribution in [2.75, 3.05) is 92.5 Å². The normalized spacial score (nSPS) is 18.2. The molecule has 5 aliphatic heterocycles. The Kier molecular flexibility index (Phi) is 29.0. The first-order valence-corrected chi connectivity index (χ1v) is 45.0. The number of hydrogen-bond acceptors (Lipinski definition) is 23. The van der Waals surface area contributed by atoms with Crippen molar-refractivity contribution >= 4 is 69.5 Å². The summed E-state index contributed by atoms with van der Waals surface area (Å²) in [6, 6.07) is 14.0. The minimum Gasteiger partial charge on any atom is -0.493 e. The summed E-state index contributed by atoms with van der Waals surface area (Å²) < 4.78 is 131. The van der Waals surface area contributed by atoms with Crippen LogP contribution in [-0.4, -0.2) is 214 Å². The molecule has 0 aliphatic carbocycles. The van der Waals surface area contributed by atoms with Crippen LogP contribution in [0.5, 0.6) is 17.2 Å². The van der Waals surface area contributed by atoms with E-state index in [-0.39, 0.29) is 99.5 Å². The monoisotopic (exact) mass is 1680 g/mol. The molecule has 11 heterocycles. The van der Waals surface area contributed by atoms with Crippen LogP contribution >= 0.6 is 0 Å². The summed E-state index contributed by atoms with van der Waals surface area (Å²) in [6.07, 6.45) is 12.3. The van der Waals surface area contributed by atoms with Crippen LogP contribution in [0.25, 0.3) is 67.3 Å². The lowest BCUT2D eigenvalue weighted by molar-refractivity contribution is 0.0183. The Morgan fingerprint density at radius 2 is 0.897 bits per heavy atom. The molecule has 6 N–H and O–H groups in total. The van der Waals surface area contributed by atoms with Crippen molar-refractivity contribution in [2.45, 2.75) is 177 Å². The number of H-pyrrole nitrogens is 3. The number of carbonyl (C=O) groups is 1. The SMILES string of the molecule is CCCOc1ccc(S(=O)(=O)N2CCC([C@H](O)CO)CC2)cc1-c1nc2c(CCC)cn(C)c2c(=O)[nH]1.CCCOc1ccc(S(=O)(=O)N2CCC([C@H]3COCO3)CC2)cc1-c1nc2c(CCC)c(C=O)n(C)c2c(=O)[nH]1.CCCOc1ccc(S(=O)(=O)N2CCC([C@H]3COCO3)CC2)cc1-c1nc2c(CCC)c(CO)n(C)c2c(=O)[nH]1. The van der Waals surface area contributed by atoms with Gasteiger partial charge in [0.25, 0.3) is 16.7 Å². The number of aliphatic hydroxyl groups excluding tert-OH is 3. The van der Waals surface area contributed by atoms with Gasteiger partial charge in [-0.25, -0.2) is 40.2 Å². The van der Waals surface area contributed by atoms with Crippen LogP contribution in [0, 0.1) is 17.8 Å². The molecule has 0 radical (unpaired) electrons. The van der Waals surface area contributed by atoms with E-state index in [1.165, 1.54) is 37.2 Å². The molecule has 5 fully saturated rings. The molecular weight excluding hydrogens is 1570 g/mol. The lowest BCUT2D eigenvalue weighted by Crippen LogP contribution is -2.41. The van der Waals surface area contributed by atoms with Crippen molar-refractivity contribution in [3.8, 4) is 51.4 Å². The second-order valence-corrected chi connectivity index (χ2v) is 36.2. The number of benzene rings is 3. The molecule has 6 aromatic heterocycles. The smallest absolute Gasteiger partial charge is 0.275 e. The first-order chi connectivity index (χ1) is 56.3. The van der Waals surface area contributed by atoms with E-state index in [9.17, 15) is 59.8 Å². The van der Waals surface area contributed by atoms with E-state index in [4.69, 9.17) is 48.1 Å². The summed E-state index contributed by atoms with van der Waals surface area (Å²) in [5, 5.41) is 29.2. The minimum absolute atomic E-state index is 0.0135. The fourth-order valence-electron chi connectivity index (χ4n) is 16.4. The van der Waals surface area contributed by atoms with Gasteiger partial charge in [-0.3, -0.25) is 19.2 Å². The first-order valence-electron chi connectivity index (χ1n) is 40.7. The second kappa shape index (κ2) is 38.7. The van der Waals surface area contributed by atoms with Gasteiger partial charge in [0.15, 0.2) is 6.29 Å². The molecule has 5 saturated heterocycles. The average molecular weight is 1680 g/mol. The molecule has 0 unspecified atom stereocenters. The molecule has 3 aromatic carbocycles. The van der Waals surface area contributed by atoms with Crippen LogP contribution in [0.4, 0.5) is 0 Å². The number of aromatic nitrogens is 9. The van der Waals surface area contributed by atoms with Gasteiger partial charge in [-0.05, 0) is 155 Å². The molecule has 0 amide bonds. The third-order valence-corrected chi connectivity index (χ3v) is 28.3. The molecule has 636 valence electrons. The number of sulfonamides is 3. The highest BCUT2D eigenvalue weighted by atomic mass is 32.2. The Balaban J connectivity index is 0.000000162. The predicted octanol–water partition coefficient (Wildman–Crippen LogP) is 8.62. The summed E-state index contributed by atoms with van der Waals surface area (Å²) in [7, 11) is -6.25. The van der Waals surface area contributed by atoms with Gasteiger partial charge in [0.05, 0.1) is 113 Å². The number of nitrogens with one attached hydrogen (secondary N) is 3. The second-order valence-electron chi connectivity index (χ2n) is 30.4. The van der Waals surface area contributed by atoms with Crippen LogP contribution in [-0.2, 0) is 96.0 Å². The molecule has 32 nitrogen and oxygen atoms in total. The molecule has 3 atom stereocenters. The first kappa shape index (κ1) is 87.7. The quantitative estimate of drug-likeness (QED) is 0.0229. The highest BCUT2D eigenvalue weighted by molar-refractivity contribution is 7.89. The van der Waals surface area contributed by atoms with Gasteiger partial charge in [-0.1, -0.05) is 60.8 Å². The van der Waals surface area contributed by atoms with E-state index in [0.717, 1.165) is 62.4 Å². The average Bonchev–Trinajstić information content (AvgIpc) is 1.63. The van der Waals surface area contributed by atoms with E-state index in [1.807, 2.05) is 47.9 Å². The molecule has 14 rings (SSSR count). The molecule has 0 bridgehead atoms. The molecule has 35 heteroatoms. The number of aliphatic hydroxyl groups is 3. The third-order valence-electron chi connectivity index (χ3n) is 22.6. The highest BCUT2D eigenvalue weighted by Gasteiger charge is 2.39. The van der Waals surface area contributed by atoms with E-state index < -0.39 is 41.7 Å². The largest absolute Gasteiger partial charge is 0.493 e. The van der Waals surface area contributed by atoms with Crippen LogP contribution in [0.1, 0.15) is 151 Å². The fourth-order valence-corrected chi connectivity index (χ4v) is 20.8. The Hall–Kier alpha value is -8.56. The number of aldehydes is 1. The number of piperidine rings is 3. The summed E-state index contributed by atoms with van der Waals surface area (Å²) in [5.74, 6) is 2.37. The van der Waals surface area contributed by atoms with E-state index in [2.05, 4.69) is 21.9 Å². The number of aromatic amines is 3. The van der Waals surface area contributed by atoms with Crippen molar-refractivity contribution < 1.29 is 78.5 Å². The lowest BCUT2D eigenvalue weighted by atomic mass is 9.93. The maximum absolute atomic E-state index is 13.7. The Bertz CT molecular complexity index is 5550. The van der Waals surface area contributed by atoms with Crippen LogP contribution in [0.15, 0.2) is 89.9 Å². The number of fused-ring (bicyclic) bond motifs is 3. The molecular formula is C82H110N12O20S3. The zero-order chi connectivity index (χ0) is 83.6. The maximum atomic E-state index is 13.7. The zero-order valence-corrected chi connectivity index (χ0v) is 70.5. The summed E-state index contributed by atoms with van der Waals surface area (Å²) >= 11 is 0. The van der Waals surface area contributed by atoms with Gasteiger partial charge in [-0.2, -0.15) is 12.9 Å². The molecule has 0 spiro atoms. The lowest BCUT2D eigenvalue weighted by Gasteiger charge is -2.33. The van der Waals surface area contributed by atoms with Gasteiger partial charge in [0, 0.05) is 83.4 Å². The standard InChI is InChI=1S/C28H38N4O7S.C28H36N4O7S.C26H36N4O6S/c2*1-4-6-20-22(15-33)31(3)26-25(20)29-27(30-28(26)34)21-14-19(7-8-23(21)38-13-5-2)40(35,36)32-11-9-18(10-12-32)24-16-37-17-39-24;1-4-6-18-15-29(3)24-23(18)27-25(28-26(24)33)20-14-19(7-8-22(20)36-13-5-2)37(34,35)30-11-9-17(10-12-30)21(32)16-31/h7-8,14,18,24,33H,4-6,9-13,15-17H2,1-3H3,(H,29,30,34);7-8,14-15,18,24H,4-6,9-13,16-17H2,1-3H3,(H,29,30,34);7-8,14-15,17,21,31-32H,4-6,9-13,16H2,1-3H3,(H,27,28,33)/t2*24-;21-/m111/s1. The maximum Gasteiger partial charge on any atom is 0.275 e. The van der Waals surface area contributed by atoms with Crippen LogP contribution < -0.4 is 30.9 Å². The van der Waals surface area contributed by atoms with Gasteiger partial charge >= 0.3 is 0 Å². The Morgan fingerprint density at radius 1 is 0.513 bits per heavy atom. The number of nitrogens with zero attached hydrogens (tertiary/aromatic N) is 9. The molecule has 9 aromatic rings. The Labute approximate surface area is 680 Å². The van der Waals surface area contributed by atoms with Crippen LogP contribution in [0.2, 0.25) is 0 Å². The number of ether oxygens (including phenoxy) is 7. The van der Waals surface area contributed by atoms with Gasteiger partial charge in [0.2, 0.25) is 30.1 Å². The van der Waals surface area contributed by atoms with Gasteiger partial charge in [0.1, 0.15) is 70.4 Å². The van der Waals surface area contributed by atoms with Crippen molar-refractivity contribution in [3.63, 3.8) is 0 Å². The fraction of sp³-hybridized carbons (Fsp3) is 0.549. The van der Waals surface area contributed by atoms with E-state index in [1.54, 1.807) is 58.1 Å². The van der Waals surface area contributed by atoms with Crippen molar-refractivity contribution in [2.24, 2.45) is 38.9 Å². The zero-order valence-electron chi connectivity index (χ0n) is 68.1. The van der Waals surface area contributed by atoms with E-state index in [0.29, 0.717) is 208 Å². The third kappa shape index (κ3) is 18.6. The van der Waals surface area contributed by atoms with Crippen molar-refractivity contribution in [1.82, 2.24) is 56.5 Å². The summed E-state index contributed by atoms with van der Waals surface area (Å²) in [6.45, 7) is 16.5. The Morgan fingerprint density at radius 3 is 1.27 bits per heavy atom. The molecule has 117 heavy (non-hydrogen) atoms. The molecule has 5 aliphatic rings. The minimum atomic E-state index is -3.84. The predicted molar refractivity (Wildman–Crippen MR) is 440 cm³/mol. The number of carbonyl (C=O) groups excluding carboxylic acids is 1. The highest BCUT2D eigenvalue weighted by Crippen LogP contribution is 2.40. The van der Waals surface area contributed by atoms with Gasteiger partial charge in [-0.15, -0.1) is 0 Å². The van der Waals surface area contributed by atoms with Gasteiger partial charge < -0.3 is 77.1 Å².